The van der Waals surface area contributed by atoms with Crippen molar-refractivity contribution >= 4 is 23.2 Å². The molecule has 110 valence electrons. The van der Waals surface area contributed by atoms with Crippen LogP contribution in [-0.2, 0) is 11.3 Å². The SMILES string of the molecule is Cc1cccc(CNCC(=O)Nc2ccc(C)c(Cl)c2)c1. The van der Waals surface area contributed by atoms with Crippen LogP contribution in [0.3, 0.4) is 0 Å². The molecule has 2 N–H and O–H groups in total. The van der Waals surface area contributed by atoms with Crippen LogP contribution in [-0.4, -0.2) is 12.5 Å². The molecule has 0 bridgehead atoms. The number of amides is 1. The Balaban J connectivity index is 1.81. The Kier molecular flexibility index (Phi) is 5.37. The molecule has 0 spiro atoms. The Labute approximate surface area is 130 Å². The van der Waals surface area contributed by atoms with Gasteiger partial charge in [-0.3, -0.25) is 4.79 Å². The maximum Gasteiger partial charge on any atom is 0.238 e. The highest BCUT2D eigenvalue weighted by atomic mass is 35.5. The van der Waals surface area contributed by atoms with Crippen LogP contribution in [0.2, 0.25) is 5.02 Å². The summed E-state index contributed by atoms with van der Waals surface area (Å²) in [6.07, 6.45) is 0. The van der Waals surface area contributed by atoms with Crippen molar-refractivity contribution in [3.8, 4) is 0 Å². The van der Waals surface area contributed by atoms with Gasteiger partial charge in [-0.05, 0) is 37.1 Å². The van der Waals surface area contributed by atoms with Gasteiger partial charge in [0.1, 0.15) is 0 Å². The molecule has 1 amide bonds. The summed E-state index contributed by atoms with van der Waals surface area (Å²) in [5, 5.41) is 6.60. The Hall–Kier alpha value is -1.84. The molecule has 0 fully saturated rings. The maximum atomic E-state index is 11.8. The molecule has 0 aliphatic rings. The van der Waals surface area contributed by atoms with Gasteiger partial charge >= 0.3 is 0 Å². The van der Waals surface area contributed by atoms with Gasteiger partial charge in [-0.25, -0.2) is 0 Å². The van der Waals surface area contributed by atoms with E-state index in [1.807, 2.05) is 31.2 Å². The number of aryl methyl sites for hydroxylation is 2. The minimum atomic E-state index is -0.0810. The lowest BCUT2D eigenvalue weighted by Crippen LogP contribution is -2.27. The molecular weight excluding hydrogens is 284 g/mol. The average Bonchev–Trinajstić information content (AvgIpc) is 2.43. The fourth-order valence-electron chi connectivity index (χ4n) is 2.02. The second-order valence-corrected chi connectivity index (χ2v) is 5.51. The lowest BCUT2D eigenvalue weighted by atomic mass is 10.1. The summed E-state index contributed by atoms with van der Waals surface area (Å²) in [4.78, 5) is 11.8. The first-order valence-corrected chi connectivity index (χ1v) is 7.24. The van der Waals surface area contributed by atoms with Crippen LogP contribution in [0.15, 0.2) is 42.5 Å². The lowest BCUT2D eigenvalue weighted by molar-refractivity contribution is -0.115. The molecule has 3 nitrogen and oxygen atoms in total. The van der Waals surface area contributed by atoms with Gasteiger partial charge in [-0.1, -0.05) is 47.5 Å². The lowest BCUT2D eigenvalue weighted by Gasteiger charge is -2.08. The van der Waals surface area contributed by atoms with Gasteiger partial charge in [0.05, 0.1) is 6.54 Å². The standard InChI is InChI=1S/C17H19ClN2O/c1-12-4-3-5-14(8-12)10-19-11-17(21)20-15-7-6-13(2)16(18)9-15/h3-9,19H,10-11H2,1-2H3,(H,20,21). The van der Waals surface area contributed by atoms with Gasteiger partial charge in [-0.15, -0.1) is 0 Å². The predicted molar refractivity (Wildman–Crippen MR) is 87.7 cm³/mol. The van der Waals surface area contributed by atoms with Gasteiger partial charge in [0, 0.05) is 17.3 Å². The summed E-state index contributed by atoms with van der Waals surface area (Å²) in [6, 6.07) is 13.7. The molecule has 2 aromatic rings. The van der Waals surface area contributed by atoms with Crippen molar-refractivity contribution in [3.05, 3.63) is 64.2 Å². The first kappa shape index (κ1) is 15.5. The smallest absolute Gasteiger partial charge is 0.238 e. The third kappa shape index (κ3) is 4.88. The zero-order valence-electron chi connectivity index (χ0n) is 12.2. The molecule has 4 heteroatoms. The van der Waals surface area contributed by atoms with Crippen LogP contribution in [0, 0.1) is 13.8 Å². The third-order valence-electron chi connectivity index (χ3n) is 3.15. The first-order chi connectivity index (χ1) is 10.0. The number of nitrogens with one attached hydrogen (secondary N) is 2. The van der Waals surface area contributed by atoms with E-state index in [1.165, 1.54) is 11.1 Å². The van der Waals surface area contributed by atoms with Crippen LogP contribution in [0.1, 0.15) is 16.7 Å². The van der Waals surface area contributed by atoms with E-state index in [0.29, 0.717) is 17.3 Å². The zero-order chi connectivity index (χ0) is 15.2. The monoisotopic (exact) mass is 302 g/mol. The number of hydrogen-bond donors (Lipinski definition) is 2. The molecule has 0 aromatic heterocycles. The quantitative estimate of drug-likeness (QED) is 0.884. The highest BCUT2D eigenvalue weighted by Crippen LogP contribution is 2.19. The molecule has 2 rings (SSSR count). The van der Waals surface area contributed by atoms with Gasteiger partial charge < -0.3 is 10.6 Å². The summed E-state index contributed by atoms with van der Waals surface area (Å²) in [6.45, 7) is 4.91. The minimum Gasteiger partial charge on any atom is -0.325 e. The van der Waals surface area contributed by atoms with Crippen LogP contribution in [0.4, 0.5) is 5.69 Å². The largest absolute Gasteiger partial charge is 0.325 e. The van der Waals surface area contributed by atoms with Crippen LogP contribution in [0.25, 0.3) is 0 Å². The van der Waals surface area contributed by atoms with Gasteiger partial charge in [0.2, 0.25) is 5.91 Å². The van der Waals surface area contributed by atoms with E-state index in [1.54, 1.807) is 6.07 Å². The molecule has 2 aromatic carbocycles. The topological polar surface area (TPSA) is 41.1 Å². The highest BCUT2D eigenvalue weighted by Gasteiger charge is 2.04. The zero-order valence-corrected chi connectivity index (χ0v) is 13.0. The first-order valence-electron chi connectivity index (χ1n) is 6.87. The van der Waals surface area contributed by atoms with Crippen molar-refractivity contribution in [3.63, 3.8) is 0 Å². The Morgan fingerprint density at radius 2 is 1.95 bits per heavy atom. The molecule has 0 atom stereocenters. The number of halogens is 1. The van der Waals surface area contributed by atoms with Gasteiger partial charge in [0.15, 0.2) is 0 Å². The highest BCUT2D eigenvalue weighted by molar-refractivity contribution is 6.31. The van der Waals surface area contributed by atoms with Crippen LogP contribution < -0.4 is 10.6 Å². The van der Waals surface area contributed by atoms with E-state index >= 15 is 0 Å². The number of rotatable bonds is 5. The summed E-state index contributed by atoms with van der Waals surface area (Å²) in [5.74, 6) is -0.0810. The van der Waals surface area contributed by atoms with Crippen molar-refractivity contribution in [2.24, 2.45) is 0 Å². The number of hydrogen-bond acceptors (Lipinski definition) is 2. The second-order valence-electron chi connectivity index (χ2n) is 5.10. The van der Waals surface area contributed by atoms with Crippen molar-refractivity contribution in [1.82, 2.24) is 5.32 Å². The Morgan fingerprint density at radius 1 is 1.14 bits per heavy atom. The molecule has 21 heavy (non-hydrogen) atoms. The normalized spacial score (nSPS) is 10.4. The van der Waals surface area contributed by atoms with E-state index in [9.17, 15) is 4.79 Å². The Morgan fingerprint density at radius 3 is 2.67 bits per heavy atom. The summed E-state index contributed by atoms with van der Waals surface area (Å²) >= 11 is 6.03. The fraction of sp³-hybridized carbons (Fsp3) is 0.235. The number of benzene rings is 2. The van der Waals surface area contributed by atoms with Crippen molar-refractivity contribution in [2.75, 3.05) is 11.9 Å². The maximum absolute atomic E-state index is 11.8. The molecule has 0 aliphatic carbocycles. The summed E-state index contributed by atoms with van der Waals surface area (Å²) < 4.78 is 0. The molecule has 0 radical (unpaired) electrons. The number of anilines is 1. The molecule has 0 saturated heterocycles. The Bertz CT molecular complexity index is 640. The van der Waals surface area contributed by atoms with Crippen LogP contribution in [0.5, 0.6) is 0 Å². The summed E-state index contributed by atoms with van der Waals surface area (Å²) in [7, 11) is 0. The van der Waals surface area contributed by atoms with Gasteiger partial charge in [-0.2, -0.15) is 0 Å². The van der Waals surface area contributed by atoms with E-state index in [0.717, 1.165) is 5.56 Å². The van der Waals surface area contributed by atoms with E-state index in [-0.39, 0.29) is 12.5 Å². The molecular formula is C17H19ClN2O. The van der Waals surface area contributed by atoms with E-state index in [4.69, 9.17) is 11.6 Å². The van der Waals surface area contributed by atoms with Gasteiger partial charge in [0.25, 0.3) is 0 Å². The van der Waals surface area contributed by atoms with Crippen molar-refractivity contribution in [1.29, 1.82) is 0 Å². The van der Waals surface area contributed by atoms with Crippen molar-refractivity contribution in [2.45, 2.75) is 20.4 Å². The van der Waals surface area contributed by atoms with E-state index in [2.05, 4.69) is 29.7 Å². The van der Waals surface area contributed by atoms with Crippen molar-refractivity contribution < 1.29 is 4.79 Å². The second kappa shape index (κ2) is 7.25. The van der Waals surface area contributed by atoms with E-state index < -0.39 is 0 Å². The third-order valence-corrected chi connectivity index (χ3v) is 3.56. The molecule has 0 unspecified atom stereocenters. The molecule has 0 saturated carbocycles. The summed E-state index contributed by atoms with van der Waals surface area (Å²) in [5.41, 5.74) is 4.09. The fourth-order valence-corrected chi connectivity index (χ4v) is 2.20. The number of carbonyl (C=O) groups excluding carboxylic acids is 1. The molecule has 0 heterocycles. The minimum absolute atomic E-state index is 0.0810. The molecule has 0 aliphatic heterocycles. The van der Waals surface area contributed by atoms with Crippen LogP contribution >= 0.6 is 11.6 Å². The number of carbonyl (C=O) groups is 1. The predicted octanol–water partition coefficient (Wildman–Crippen LogP) is 3.69. The average molecular weight is 303 g/mol.